The summed E-state index contributed by atoms with van der Waals surface area (Å²) in [6.07, 6.45) is 0.455. The molecule has 5 nitrogen and oxygen atoms in total. The normalized spacial score (nSPS) is 11.2. The lowest BCUT2D eigenvalue weighted by Crippen LogP contribution is -2.27. The van der Waals surface area contributed by atoms with Crippen LogP contribution < -0.4 is 10.6 Å². The number of amides is 2. The van der Waals surface area contributed by atoms with Crippen LogP contribution in [-0.4, -0.2) is 16.8 Å². The quantitative estimate of drug-likeness (QED) is 0.561. The Bertz CT molecular complexity index is 1000. The summed E-state index contributed by atoms with van der Waals surface area (Å²) in [4.78, 5) is 28.3. The molecule has 2 N–H and O–H groups in total. The average Bonchev–Trinajstić information content (AvgIpc) is 3.18. The Morgan fingerprint density at radius 3 is 2.00 bits per heavy atom. The summed E-state index contributed by atoms with van der Waals surface area (Å²) in [6.45, 7) is 7.49. The predicted molar refractivity (Wildman–Crippen MR) is 120 cm³/mol. The highest BCUT2D eigenvalue weighted by Gasteiger charge is 2.21. The van der Waals surface area contributed by atoms with Crippen molar-refractivity contribution in [3.63, 3.8) is 0 Å². The van der Waals surface area contributed by atoms with E-state index in [1.54, 1.807) is 11.3 Å². The molecule has 2 aromatic carbocycles. The fourth-order valence-corrected chi connectivity index (χ4v) is 3.36. The van der Waals surface area contributed by atoms with Gasteiger partial charge in [-0.25, -0.2) is 4.98 Å². The lowest BCUT2D eigenvalue weighted by atomic mass is 9.95. The Morgan fingerprint density at radius 2 is 1.45 bits per heavy atom. The number of hydrogen-bond donors (Lipinski definition) is 2. The lowest BCUT2D eigenvalue weighted by Gasteiger charge is -2.17. The van der Waals surface area contributed by atoms with Crippen LogP contribution in [0.1, 0.15) is 34.1 Å². The van der Waals surface area contributed by atoms with Gasteiger partial charge < -0.3 is 10.6 Å². The van der Waals surface area contributed by atoms with Gasteiger partial charge in [0.15, 0.2) is 0 Å². The lowest BCUT2D eigenvalue weighted by molar-refractivity contribution is -0.123. The van der Waals surface area contributed by atoms with Crippen LogP contribution in [0.2, 0.25) is 0 Å². The van der Waals surface area contributed by atoms with Gasteiger partial charge in [-0.05, 0) is 36.4 Å². The summed E-state index contributed by atoms with van der Waals surface area (Å²) in [5.41, 5.74) is 4.01. The van der Waals surface area contributed by atoms with E-state index in [2.05, 4.69) is 10.6 Å². The minimum Gasteiger partial charge on any atom is -0.326 e. The Balaban J connectivity index is 1.71. The van der Waals surface area contributed by atoms with Crippen LogP contribution in [-0.2, 0) is 9.59 Å². The molecule has 2 amide bonds. The molecule has 0 saturated heterocycles. The molecule has 0 unspecified atom stereocenters. The second-order valence-electron chi connectivity index (χ2n) is 7.80. The summed E-state index contributed by atoms with van der Waals surface area (Å²) < 4.78 is 0. The van der Waals surface area contributed by atoms with Crippen LogP contribution >= 0.6 is 11.3 Å². The molecule has 6 heteroatoms. The molecule has 0 aliphatic carbocycles. The standard InChI is InChI=1S/C23H25N3O2S/c1-5-20(27)24-17-12-8-16(9-13-17)21-26-19(14-29-21)15-6-10-18(11-7-15)25-22(28)23(2,3)4/h6-14H,5H2,1-4H3,(H,24,27)(H,25,28). The van der Waals surface area contributed by atoms with Gasteiger partial charge in [-0.15, -0.1) is 11.3 Å². The number of thiazole rings is 1. The second-order valence-corrected chi connectivity index (χ2v) is 8.66. The van der Waals surface area contributed by atoms with Gasteiger partial charge in [0.25, 0.3) is 0 Å². The van der Waals surface area contributed by atoms with Gasteiger partial charge in [0.2, 0.25) is 11.8 Å². The Labute approximate surface area is 175 Å². The number of benzene rings is 2. The fourth-order valence-electron chi connectivity index (χ4n) is 2.53. The van der Waals surface area contributed by atoms with Crippen LogP contribution in [0.15, 0.2) is 53.9 Å². The highest BCUT2D eigenvalue weighted by Crippen LogP contribution is 2.30. The topological polar surface area (TPSA) is 71.1 Å². The zero-order chi connectivity index (χ0) is 21.0. The van der Waals surface area contributed by atoms with E-state index in [9.17, 15) is 9.59 Å². The molecule has 0 fully saturated rings. The predicted octanol–water partition coefficient (Wildman–Crippen LogP) is 5.81. The Hall–Kier alpha value is -2.99. The maximum atomic E-state index is 12.1. The van der Waals surface area contributed by atoms with E-state index < -0.39 is 5.41 Å². The monoisotopic (exact) mass is 407 g/mol. The van der Waals surface area contributed by atoms with Crippen molar-refractivity contribution in [2.24, 2.45) is 5.41 Å². The van der Waals surface area contributed by atoms with Gasteiger partial charge in [0.1, 0.15) is 5.01 Å². The first-order chi connectivity index (χ1) is 13.8. The number of aromatic nitrogens is 1. The maximum Gasteiger partial charge on any atom is 0.229 e. The molecule has 29 heavy (non-hydrogen) atoms. The molecule has 0 aliphatic heterocycles. The zero-order valence-corrected chi connectivity index (χ0v) is 17.9. The summed E-state index contributed by atoms with van der Waals surface area (Å²) in [6, 6.07) is 15.4. The zero-order valence-electron chi connectivity index (χ0n) is 17.1. The molecule has 0 saturated carbocycles. The van der Waals surface area contributed by atoms with E-state index in [4.69, 9.17) is 4.98 Å². The number of nitrogens with zero attached hydrogens (tertiary/aromatic N) is 1. The van der Waals surface area contributed by atoms with Gasteiger partial charge in [-0.1, -0.05) is 39.8 Å². The van der Waals surface area contributed by atoms with Crippen molar-refractivity contribution in [2.45, 2.75) is 34.1 Å². The number of anilines is 2. The Kier molecular flexibility index (Phi) is 6.13. The molecular weight excluding hydrogens is 382 g/mol. The van der Waals surface area contributed by atoms with Crippen molar-refractivity contribution in [2.75, 3.05) is 10.6 Å². The first-order valence-electron chi connectivity index (χ1n) is 9.54. The maximum absolute atomic E-state index is 12.1. The first kappa shape index (κ1) is 20.7. The van der Waals surface area contributed by atoms with Crippen molar-refractivity contribution in [1.82, 2.24) is 4.98 Å². The van der Waals surface area contributed by atoms with Gasteiger partial charge in [-0.3, -0.25) is 9.59 Å². The van der Waals surface area contributed by atoms with Crippen LogP contribution in [0, 0.1) is 5.41 Å². The number of nitrogens with one attached hydrogen (secondary N) is 2. The van der Waals surface area contributed by atoms with Gasteiger partial charge in [0.05, 0.1) is 5.69 Å². The molecule has 0 aliphatic rings. The molecule has 1 heterocycles. The third-order valence-electron chi connectivity index (χ3n) is 4.36. The average molecular weight is 408 g/mol. The number of hydrogen-bond acceptors (Lipinski definition) is 4. The van der Waals surface area contributed by atoms with Crippen LogP contribution in [0.5, 0.6) is 0 Å². The van der Waals surface area contributed by atoms with Crippen molar-refractivity contribution in [1.29, 1.82) is 0 Å². The molecule has 0 spiro atoms. The van der Waals surface area contributed by atoms with E-state index in [1.165, 1.54) is 0 Å². The van der Waals surface area contributed by atoms with E-state index >= 15 is 0 Å². The highest BCUT2D eigenvalue weighted by atomic mass is 32.1. The van der Waals surface area contributed by atoms with Crippen molar-refractivity contribution in [3.8, 4) is 21.8 Å². The van der Waals surface area contributed by atoms with Gasteiger partial charge >= 0.3 is 0 Å². The third-order valence-corrected chi connectivity index (χ3v) is 5.25. The molecule has 0 radical (unpaired) electrons. The van der Waals surface area contributed by atoms with Gasteiger partial charge in [-0.2, -0.15) is 0 Å². The highest BCUT2D eigenvalue weighted by molar-refractivity contribution is 7.13. The third kappa shape index (κ3) is 5.29. The van der Waals surface area contributed by atoms with E-state index in [0.29, 0.717) is 6.42 Å². The summed E-state index contributed by atoms with van der Waals surface area (Å²) in [5, 5.41) is 8.71. The minimum atomic E-state index is -0.433. The summed E-state index contributed by atoms with van der Waals surface area (Å²) >= 11 is 1.57. The minimum absolute atomic E-state index is 0.00331. The SMILES string of the molecule is CCC(=O)Nc1ccc(-c2nc(-c3ccc(NC(=O)C(C)(C)C)cc3)cs2)cc1. The largest absolute Gasteiger partial charge is 0.326 e. The van der Waals surface area contributed by atoms with Crippen LogP contribution in [0.3, 0.4) is 0 Å². The molecule has 3 rings (SSSR count). The summed E-state index contributed by atoms with van der Waals surface area (Å²) in [7, 11) is 0. The van der Waals surface area contributed by atoms with E-state index in [0.717, 1.165) is 33.2 Å². The van der Waals surface area contributed by atoms with Crippen LogP contribution in [0.25, 0.3) is 21.8 Å². The van der Waals surface area contributed by atoms with Crippen molar-refractivity contribution >= 4 is 34.5 Å². The molecule has 0 atom stereocenters. The van der Waals surface area contributed by atoms with Crippen molar-refractivity contribution < 1.29 is 9.59 Å². The molecule has 3 aromatic rings. The smallest absolute Gasteiger partial charge is 0.229 e. The summed E-state index contributed by atoms with van der Waals surface area (Å²) in [5.74, 6) is -0.0174. The van der Waals surface area contributed by atoms with Crippen LogP contribution in [0.4, 0.5) is 11.4 Å². The molecule has 1 aromatic heterocycles. The molecule has 150 valence electrons. The second kappa shape index (κ2) is 8.57. The number of carbonyl (C=O) groups is 2. The fraction of sp³-hybridized carbons (Fsp3) is 0.261. The first-order valence-corrected chi connectivity index (χ1v) is 10.4. The number of carbonyl (C=O) groups excluding carboxylic acids is 2. The van der Waals surface area contributed by atoms with Crippen molar-refractivity contribution in [3.05, 3.63) is 53.9 Å². The van der Waals surface area contributed by atoms with E-state index in [1.807, 2.05) is 81.6 Å². The molecular formula is C23H25N3O2S. The Morgan fingerprint density at radius 1 is 0.897 bits per heavy atom. The van der Waals surface area contributed by atoms with Gasteiger partial charge in [0, 0.05) is 39.7 Å². The van der Waals surface area contributed by atoms with E-state index in [-0.39, 0.29) is 11.8 Å². The number of rotatable bonds is 5. The molecule has 0 bridgehead atoms.